The number of rotatable bonds is 4. The molecule has 2 aromatic carbocycles. The van der Waals surface area contributed by atoms with Crippen molar-refractivity contribution in [2.24, 2.45) is 0 Å². The van der Waals surface area contributed by atoms with E-state index in [2.05, 4.69) is 15.9 Å². The van der Waals surface area contributed by atoms with Crippen molar-refractivity contribution < 1.29 is 24.1 Å². The number of hydrogen-bond donors (Lipinski definition) is 1. The first-order chi connectivity index (χ1) is 11.0. The van der Waals surface area contributed by atoms with E-state index in [1.807, 2.05) is 43.3 Å². The molecule has 2 aromatic rings. The maximum atomic E-state index is 11.2. The fourth-order valence-corrected chi connectivity index (χ4v) is 3.26. The first-order valence-corrected chi connectivity index (χ1v) is 8.15. The van der Waals surface area contributed by atoms with Crippen LogP contribution in [-0.4, -0.2) is 35.7 Å². The molecule has 2 unspecified atom stereocenters. The number of aliphatic carboxylic acids is 1. The van der Waals surface area contributed by atoms with Crippen molar-refractivity contribution in [3.05, 3.63) is 42.0 Å². The summed E-state index contributed by atoms with van der Waals surface area (Å²) in [5.74, 6) is -1.35. The van der Waals surface area contributed by atoms with Crippen LogP contribution in [0.15, 0.2) is 36.4 Å². The summed E-state index contributed by atoms with van der Waals surface area (Å²) < 4.78 is 16.8. The lowest BCUT2D eigenvalue weighted by Gasteiger charge is -2.31. The molecular formula is C17H17BrO5. The van der Waals surface area contributed by atoms with Crippen LogP contribution in [0.1, 0.15) is 12.5 Å². The lowest BCUT2D eigenvalue weighted by Crippen LogP contribution is -2.37. The fraction of sp³-hybridized carbons (Fsp3) is 0.353. The third-order valence-electron chi connectivity index (χ3n) is 4.02. The molecule has 1 saturated heterocycles. The predicted molar refractivity (Wildman–Crippen MR) is 89.0 cm³/mol. The molecule has 122 valence electrons. The van der Waals surface area contributed by atoms with Crippen LogP contribution < -0.4 is 4.74 Å². The Labute approximate surface area is 142 Å². The normalized spacial score (nSPS) is 25.4. The minimum atomic E-state index is -1.11. The van der Waals surface area contributed by atoms with Crippen LogP contribution in [0, 0.1) is 0 Å². The van der Waals surface area contributed by atoms with Crippen molar-refractivity contribution in [2.75, 3.05) is 13.7 Å². The molecule has 0 aromatic heterocycles. The second kappa shape index (κ2) is 6.11. The van der Waals surface area contributed by atoms with Crippen molar-refractivity contribution in [1.29, 1.82) is 0 Å². The van der Waals surface area contributed by atoms with Gasteiger partial charge in [-0.1, -0.05) is 34.1 Å². The zero-order valence-electron chi connectivity index (χ0n) is 12.8. The second-order valence-corrected chi connectivity index (χ2v) is 6.84. The van der Waals surface area contributed by atoms with E-state index < -0.39 is 17.9 Å². The maximum Gasteiger partial charge on any atom is 0.335 e. The van der Waals surface area contributed by atoms with Crippen LogP contribution >= 0.6 is 15.9 Å². The quantitative estimate of drug-likeness (QED) is 0.824. The van der Waals surface area contributed by atoms with Gasteiger partial charge in [0.25, 0.3) is 0 Å². The van der Waals surface area contributed by atoms with Gasteiger partial charge in [0.1, 0.15) is 5.75 Å². The Morgan fingerprint density at radius 1 is 1.35 bits per heavy atom. The average molecular weight is 381 g/mol. The van der Waals surface area contributed by atoms with Crippen LogP contribution in [0.25, 0.3) is 10.8 Å². The van der Waals surface area contributed by atoms with Gasteiger partial charge in [-0.2, -0.15) is 0 Å². The SMILES string of the molecule is COc1ccc2cc(C3(C(C)Br)OC[C@H](C(=O)O)O3)ccc2c1. The molecule has 0 aliphatic carbocycles. The highest BCUT2D eigenvalue weighted by Gasteiger charge is 2.49. The maximum absolute atomic E-state index is 11.2. The van der Waals surface area contributed by atoms with Crippen molar-refractivity contribution >= 4 is 32.7 Å². The van der Waals surface area contributed by atoms with E-state index in [9.17, 15) is 4.79 Å². The molecule has 1 aliphatic heterocycles. The minimum Gasteiger partial charge on any atom is -0.497 e. The molecule has 0 radical (unpaired) electrons. The molecule has 1 fully saturated rings. The standard InChI is InChI=1S/C17H17BrO5/c1-10(18)17(22-9-15(23-17)16(19)20)13-5-3-12-8-14(21-2)6-4-11(12)7-13/h3-8,10,15H,9H2,1-2H3,(H,19,20)/t10?,15-,17?/m1/s1. The highest BCUT2D eigenvalue weighted by atomic mass is 79.9. The largest absolute Gasteiger partial charge is 0.497 e. The van der Waals surface area contributed by atoms with Gasteiger partial charge in [-0.15, -0.1) is 0 Å². The second-order valence-electron chi connectivity index (χ2n) is 5.47. The monoisotopic (exact) mass is 380 g/mol. The van der Waals surface area contributed by atoms with Gasteiger partial charge in [0.05, 0.1) is 18.5 Å². The zero-order valence-corrected chi connectivity index (χ0v) is 14.4. The van der Waals surface area contributed by atoms with Gasteiger partial charge in [-0.3, -0.25) is 0 Å². The molecule has 0 saturated carbocycles. The van der Waals surface area contributed by atoms with Crippen molar-refractivity contribution in [3.63, 3.8) is 0 Å². The number of carboxylic acid groups (broad SMARTS) is 1. The van der Waals surface area contributed by atoms with E-state index in [1.54, 1.807) is 7.11 Å². The number of carboxylic acids is 1. The van der Waals surface area contributed by atoms with E-state index in [-0.39, 0.29) is 11.4 Å². The first-order valence-electron chi connectivity index (χ1n) is 7.23. The van der Waals surface area contributed by atoms with Crippen LogP contribution in [0.4, 0.5) is 0 Å². The Morgan fingerprint density at radius 2 is 2.04 bits per heavy atom. The molecule has 1 N–H and O–H groups in total. The van der Waals surface area contributed by atoms with E-state index in [0.29, 0.717) is 0 Å². The molecule has 6 heteroatoms. The van der Waals surface area contributed by atoms with Crippen molar-refractivity contribution in [2.45, 2.75) is 23.6 Å². The summed E-state index contributed by atoms with van der Waals surface area (Å²) in [4.78, 5) is 11.0. The van der Waals surface area contributed by atoms with Crippen LogP contribution in [0.5, 0.6) is 5.75 Å². The predicted octanol–water partition coefficient (Wildman–Crippen LogP) is 3.28. The summed E-state index contributed by atoms with van der Waals surface area (Å²) in [6.45, 7) is 1.90. The van der Waals surface area contributed by atoms with Crippen LogP contribution in [0.2, 0.25) is 0 Å². The van der Waals surface area contributed by atoms with Gasteiger partial charge in [0, 0.05) is 5.56 Å². The van der Waals surface area contributed by atoms with E-state index in [1.165, 1.54) is 0 Å². The summed E-state index contributed by atoms with van der Waals surface area (Å²) in [7, 11) is 1.63. The summed E-state index contributed by atoms with van der Waals surface area (Å²) in [6.07, 6.45) is -0.971. The van der Waals surface area contributed by atoms with Crippen molar-refractivity contribution in [3.8, 4) is 5.75 Å². The molecule has 0 amide bonds. The molecule has 0 spiro atoms. The van der Waals surface area contributed by atoms with E-state index in [4.69, 9.17) is 19.3 Å². The molecule has 3 atom stereocenters. The smallest absolute Gasteiger partial charge is 0.335 e. The summed E-state index contributed by atoms with van der Waals surface area (Å²) in [6, 6.07) is 11.6. The number of benzene rings is 2. The van der Waals surface area contributed by atoms with Crippen LogP contribution in [0.3, 0.4) is 0 Å². The Hall–Kier alpha value is -1.63. The van der Waals surface area contributed by atoms with E-state index in [0.717, 1.165) is 22.1 Å². The molecule has 1 aliphatic rings. The summed E-state index contributed by atoms with van der Waals surface area (Å²) in [5, 5.41) is 11.2. The molecule has 3 rings (SSSR count). The van der Waals surface area contributed by atoms with Gasteiger partial charge in [-0.25, -0.2) is 4.79 Å². The number of carbonyl (C=O) groups is 1. The first kappa shape index (κ1) is 16.2. The van der Waals surface area contributed by atoms with Gasteiger partial charge in [0.15, 0.2) is 6.10 Å². The molecule has 0 bridgehead atoms. The minimum absolute atomic E-state index is 0.0198. The molecule has 23 heavy (non-hydrogen) atoms. The van der Waals surface area contributed by atoms with Crippen molar-refractivity contribution in [1.82, 2.24) is 0 Å². The number of halogens is 1. The molecular weight excluding hydrogens is 364 g/mol. The third-order valence-corrected chi connectivity index (χ3v) is 4.62. The molecule has 5 nitrogen and oxygen atoms in total. The third kappa shape index (κ3) is 2.82. The fourth-order valence-electron chi connectivity index (χ4n) is 2.76. The number of fused-ring (bicyclic) bond motifs is 1. The van der Waals surface area contributed by atoms with Gasteiger partial charge in [0.2, 0.25) is 5.79 Å². The molecule has 1 heterocycles. The van der Waals surface area contributed by atoms with Gasteiger partial charge >= 0.3 is 5.97 Å². The van der Waals surface area contributed by atoms with Crippen LogP contribution in [-0.2, 0) is 20.1 Å². The summed E-state index contributed by atoms with van der Waals surface area (Å²) in [5.41, 5.74) is 0.781. The Kier molecular flexibility index (Phi) is 4.31. The summed E-state index contributed by atoms with van der Waals surface area (Å²) >= 11 is 3.50. The van der Waals surface area contributed by atoms with Gasteiger partial charge < -0.3 is 19.3 Å². The number of ether oxygens (including phenoxy) is 3. The highest BCUT2D eigenvalue weighted by Crippen LogP contribution is 2.41. The number of alkyl halides is 1. The Balaban J connectivity index is 2.04. The Morgan fingerprint density at radius 3 is 2.65 bits per heavy atom. The average Bonchev–Trinajstić information content (AvgIpc) is 3.01. The number of hydrogen-bond acceptors (Lipinski definition) is 4. The lowest BCUT2D eigenvalue weighted by atomic mass is 9.99. The van der Waals surface area contributed by atoms with Gasteiger partial charge in [-0.05, 0) is 35.9 Å². The van der Waals surface area contributed by atoms with E-state index >= 15 is 0 Å². The lowest BCUT2D eigenvalue weighted by molar-refractivity contribution is -0.183. The number of methoxy groups -OCH3 is 1. The Bertz CT molecular complexity index is 745. The zero-order chi connectivity index (χ0) is 16.6. The topological polar surface area (TPSA) is 65.0 Å². The highest BCUT2D eigenvalue weighted by molar-refractivity contribution is 9.09.